The van der Waals surface area contributed by atoms with Crippen LogP contribution in [0, 0.1) is 0 Å². The normalized spacial score (nSPS) is 11.5. The number of pyridine rings is 2. The highest BCUT2D eigenvalue weighted by Gasteiger charge is 2.24. The quantitative estimate of drug-likeness (QED) is 0.392. The third kappa shape index (κ3) is 4.79. The van der Waals surface area contributed by atoms with Crippen LogP contribution in [0.4, 0.5) is 4.79 Å². The van der Waals surface area contributed by atoms with Gasteiger partial charge in [0.2, 0.25) is 0 Å². The minimum atomic E-state index is -0.675. The lowest BCUT2D eigenvalue weighted by Gasteiger charge is -2.20. The van der Waals surface area contributed by atoms with E-state index in [-0.39, 0.29) is 12.3 Å². The monoisotopic (exact) mass is 447 g/mol. The number of ether oxygens (including phenoxy) is 3. The number of rotatable bonds is 5. The largest absolute Gasteiger partial charge is 0.489 e. The molecule has 3 aromatic heterocycles. The van der Waals surface area contributed by atoms with Gasteiger partial charge in [-0.25, -0.2) is 19.1 Å². The van der Waals surface area contributed by atoms with Crippen LogP contribution in [0.1, 0.15) is 43.7 Å². The molecule has 3 heterocycles. The van der Waals surface area contributed by atoms with Gasteiger partial charge in [0.15, 0.2) is 0 Å². The second kappa shape index (κ2) is 8.90. The Morgan fingerprint density at radius 2 is 1.73 bits per heavy atom. The molecule has 0 saturated carbocycles. The summed E-state index contributed by atoms with van der Waals surface area (Å²) in [5, 5.41) is 1.40. The van der Waals surface area contributed by atoms with Crippen LogP contribution < -0.4 is 4.74 Å². The van der Waals surface area contributed by atoms with Crippen LogP contribution in [0.15, 0.2) is 55.0 Å². The summed E-state index contributed by atoms with van der Waals surface area (Å²) in [6.45, 7) is 7.76. The lowest BCUT2D eigenvalue weighted by Crippen LogP contribution is -2.27. The van der Waals surface area contributed by atoms with E-state index < -0.39 is 17.7 Å². The van der Waals surface area contributed by atoms with Gasteiger partial charge in [-0.3, -0.25) is 4.98 Å². The molecule has 0 aliphatic heterocycles. The lowest BCUT2D eigenvalue weighted by molar-refractivity contribution is 0.0517. The van der Waals surface area contributed by atoms with Crippen LogP contribution in [0.3, 0.4) is 0 Å². The molecule has 0 N–H and O–H groups in total. The van der Waals surface area contributed by atoms with Crippen LogP contribution in [-0.2, 0) is 16.1 Å². The maximum absolute atomic E-state index is 13.1. The molecule has 170 valence electrons. The first-order valence-electron chi connectivity index (χ1n) is 10.6. The molecule has 0 saturated heterocycles. The van der Waals surface area contributed by atoms with Gasteiger partial charge in [0.1, 0.15) is 23.7 Å². The van der Waals surface area contributed by atoms with Crippen molar-refractivity contribution in [1.82, 2.24) is 14.5 Å². The first-order valence-corrected chi connectivity index (χ1v) is 10.6. The summed E-state index contributed by atoms with van der Waals surface area (Å²) in [6, 6.07) is 10.8. The smallest absolute Gasteiger partial charge is 0.419 e. The maximum atomic E-state index is 13.1. The van der Waals surface area contributed by atoms with E-state index in [1.54, 1.807) is 58.3 Å². The number of esters is 1. The second-order valence-electron chi connectivity index (χ2n) is 8.45. The van der Waals surface area contributed by atoms with Gasteiger partial charge in [0.05, 0.1) is 23.8 Å². The Balaban J connectivity index is 1.82. The topological polar surface area (TPSA) is 92.5 Å². The van der Waals surface area contributed by atoms with Crippen molar-refractivity contribution in [3.05, 3.63) is 66.2 Å². The third-order valence-corrected chi connectivity index (χ3v) is 4.84. The van der Waals surface area contributed by atoms with Gasteiger partial charge in [-0.15, -0.1) is 0 Å². The fraction of sp³-hybridized carbons (Fsp3) is 0.280. The summed E-state index contributed by atoms with van der Waals surface area (Å²) in [4.78, 5) is 33.5. The Morgan fingerprint density at radius 3 is 2.42 bits per heavy atom. The Kier molecular flexibility index (Phi) is 6.00. The summed E-state index contributed by atoms with van der Waals surface area (Å²) in [5.74, 6) is 0.0970. The van der Waals surface area contributed by atoms with Gasteiger partial charge >= 0.3 is 12.1 Å². The van der Waals surface area contributed by atoms with Crippen LogP contribution in [0.5, 0.6) is 5.75 Å². The van der Waals surface area contributed by atoms with Crippen LogP contribution >= 0.6 is 0 Å². The van der Waals surface area contributed by atoms with Gasteiger partial charge in [0, 0.05) is 23.2 Å². The van der Waals surface area contributed by atoms with E-state index in [2.05, 4.69) is 9.97 Å². The minimum absolute atomic E-state index is 0.163. The molecule has 0 spiro atoms. The Labute approximate surface area is 191 Å². The highest BCUT2D eigenvalue weighted by molar-refractivity contribution is 6.13. The predicted molar refractivity (Wildman–Crippen MR) is 123 cm³/mol. The number of carbonyl (C=O) groups is 2. The molecule has 1 aromatic carbocycles. The van der Waals surface area contributed by atoms with E-state index >= 15 is 0 Å². The van der Waals surface area contributed by atoms with E-state index in [9.17, 15) is 9.59 Å². The Bertz CT molecular complexity index is 1320. The Hall–Kier alpha value is -3.94. The zero-order valence-corrected chi connectivity index (χ0v) is 19.0. The highest BCUT2D eigenvalue weighted by Crippen LogP contribution is 2.33. The molecule has 0 radical (unpaired) electrons. The SMILES string of the molecule is CCOC(=O)c1cc2c3cc(OCc4ccncc4)ccc3n(C(=O)OC(C)(C)C)c2cn1. The molecule has 0 fully saturated rings. The van der Waals surface area contributed by atoms with Gasteiger partial charge < -0.3 is 14.2 Å². The number of carbonyl (C=O) groups excluding carboxylic acids is 2. The maximum Gasteiger partial charge on any atom is 0.419 e. The molecule has 8 heteroatoms. The molecule has 0 unspecified atom stereocenters. The van der Waals surface area contributed by atoms with Crippen molar-refractivity contribution in [3.63, 3.8) is 0 Å². The number of nitrogens with zero attached hydrogens (tertiary/aromatic N) is 3. The number of hydrogen-bond acceptors (Lipinski definition) is 7. The molecule has 0 aliphatic carbocycles. The van der Waals surface area contributed by atoms with Crippen LogP contribution in [-0.4, -0.2) is 38.8 Å². The Morgan fingerprint density at radius 1 is 1.00 bits per heavy atom. The molecule has 4 aromatic rings. The predicted octanol–water partition coefficient (Wildman–Crippen LogP) is 5.12. The van der Waals surface area contributed by atoms with Gasteiger partial charge in [-0.2, -0.15) is 0 Å². The third-order valence-electron chi connectivity index (χ3n) is 4.84. The van der Waals surface area contributed by atoms with Gasteiger partial charge in [-0.1, -0.05) is 0 Å². The van der Waals surface area contributed by atoms with Crippen molar-refractivity contribution in [1.29, 1.82) is 0 Å². The highest BCUT2D eigenvalue weighted by atomic mass is 16.6. The zero-order valence-electron chi connectivity index (χ0n) is 19.0. The lowest BCUT2D eigenvalue weighted by atomic mass is 10.1. The van der Waals surface area contributed by atoms with Crippen molar-refractivity contribution < 1.29 is 23.8 Å². The molecule has 33 heavy (non-hydrogen) atoms. The first kappa shape index (κ1) is 22.3. The average molecular weight is 447 g/mol. The number of benzene rings is 1. The van der Waals surface area contributed by atoms with E-state index in [0.717, 1.165) is 10.9 Å². The average Bonchev–Trinajstić information content (AvgIpc) is 3.10. The van der Waals surface area contributed by atoms with Crippen molar-refractivity contribution in [2.24, 2.45) is 0 Å². The fourth-order valence-electron chi connectivity index (χ4n) is 3.45. The van der Waals surface area contributed by atoms with E-state index in [0.29, 0.717) is 28.8 Å². The molecule has 4 rings (SSSR count). The molecule has 0 amide bonds. The van der Waals surface area contributed by atoms with Crippen molar-refractivity contribution in [2.45, 2.75) is 39.9 Å². The van der Waals surface area contributed by atoms with Gasteiger partial charge in [0.25, 0.3) is 0 Å². The van der Waals surface area contributed by atoms with E-state index in [4.69, 9.17) is 14.2 Å². The number of fused-ring (bicyclic) bond motifs is 3. The van der Waals surface area contributed by atoms with Crippen molar-refractivity contribution >= 4 is 33.9 Å². The molecule has 0 atom stereocenters. The van der Waals surface area contributed by atoms with E-state index in [1.165, 1.54) is 10.8 Å². The second-order valence-corrected chi connectivity index (χ2v) is 8.45. The summed E-state index contributed by atoms with van der Waals surface area (Å²) in [6.07, 6.45) is 4.38. The standard InChI is InChI=1S/C25H25N3O5/c1-5-31-23(29)20-13-19-18-12-17(32-15-16-8-10-26-11-9-16)6-7-21(18)28(22(19)14-27-20)24(30)33-25(2,3)4/h6-14H,5,15H2,1-4H3. The summed E-state index contributed by atoms with van der Waals surface area (Å²) >= 11 is 0. The zero-order chi connectivity index (χ0) is 23.6. The number of hydrogen-bond donors (Lipinski definition) is 0. The summed E-state index contributed by atoms with van der Waals surface area (Å²) < 4.78 is 18.1. The fourth-order valence-corrected chi connectivity index (χ4v) is 3.45. The van der Waals surface area contributed by atoms with E-state index in [1.807, 2.05) is 18.2 Å². The first-order chi connectivity index (χ1) is 15.8. The van der Waals surface area contributed by atoms with Crippen molar-refractivity contribution in [2.75, 3.05) is 6.61 Å². The minimum Gasteiger partial charge on any atom is -0.489 e. The van der Waals surface area contributed by atoms with Crippen molar-refractivity contribution in [3.8, 4) is 5.75 Å². The van der Waals surface area contributed by atoms with Crippen LogP contribution in [0.2, 0.25) is 0 Å². The summed E-state index contributed by atoms with van der Waals surface area (Å²) in [5.41, 5.74) is 1.62. The van der Waals surface area contributed by atoms with Crippen LogP contribution in [0.25, 0.3) is 21.8 Å². The molecule has 0 bridgehead atoms. The summed E-state index contributed by atoms with van der Waals surface area (Å²) in [7, 11) is 0. The molecular formula is C25H25N3O5. The number of aromatic nitrogens is 3. The molecule has 8 nitrogen and oxygen atoms in total. The molecule has 0 aliphatic rings. The van der Waals surface area contributed by atoms with Gasteiger partial charge in [-0.05, 0) is 69.7 Å². The molecular weight excluding hydrogens is 422 g/mol.